The van der Waals surface area contributed by atoms with Gasteiger partial charge in [-0.3, -0.25) is 0 Å². The number of hydrogen-bond donors (Lipinski definition) is 1. The van der Waals surface area contributed by atoms with E-state index in [1.165, 1.54) is 24.3 Å². The van der Waals surface area contributed by atoms with Gasteiger partial charge in [-0.25, -0.2) is 14.6 Å². The fourth-order valence-electron chi connectivity index (χ4n) is 2.30. The van der Waals surface area contributed by atoms with Gasteiger partial charge in [-0.2, -0.15) is 8.78 Å². The second-order valence-corrected chi connectivity index (χ2v) is 5.49. The molecule has 0 aliphatic carbocycles. The molecule has 9 heteroatoms. The van der Waals surface area contributed by atoms with Crippen LogP contribution in [0.2, 0.25) is 0 Å². The van der Waals surface area contributed by atoms with E-state index in [0.29, 0.717) is 16.9 Å². The van der Waals surface area contributed by atoms with Gasteiger partial charge in [0.05, 0.1) is 0 Å². The first-order valence-corrected chi connectivity index (χ1v) is 7.93. The van der Waals surface area contributed by atoms with Gasteiger partial charge < -0.3 is 19.3 Å². The first-order chi connectivity index (χ1) is 13.4. The number of ether oxygens (including phenoxy) is 3. The molecule has 0 amide bonds. The van der Waals surface area contributed by atoms with Crippen molar-refractivity contribution in [3.63, 3.8) is 0 Å². The van der Waals surface area contributed by atoms with E-state index in [4.69, 9.17) is 14.6 Å². The molecule has 7 nitrogen and oxygen atoms in total. The number of carbonyl (C=O) groups is 2. The Bertz CT molecular complexity index is 953. The van der Waals surface area contributed by atoms with Crippen LogP contribution in [0.1, 0.15) is 11.1 Å². The van der Waals surface area contributed by atoms with Crippen LogP contribution in [0.15, 0.2) is 59.2 Å². The Morgan fingerprint density at radius 2 is 1.93 bits per heavy atom. The van der Waals surface area contributed by atoms with Gasteiger partial charge in [0.1, 0.15) is 11.5 Å². The van der Waals surface area contributed by atoms with E-state index in [1.807, 2.05) is 0 Å². The molecule has 1 aliphatic rings. The van der Waals surface area contributed by atoms with Gasteiger partial charge in [0.15, 0.2) is 12.3 Å². The highest BCUT2D eigenvalue weighted by atomic mass is 19.3. The quantitative estimate of drug-likeness (QED) is 0.578. The Balaban J connectivity index is 1.77. The molecule has 0 aromatic heterocycles. The average Bonchev–Trinajstić information content (AvgIpc) is 3.01. The van der Waals surface area contributed by atoms with Crippen molar-refractivity contribution in [3.8, 4) is 11.5 Å². The van der Waals surface area contributed by atoms with Crippen LogP contribution in [0, 0.1) is 0 Å². The Labute approximate surface area is 157 Å². The molecular formula is C19H13F2NO6. The topological polar surface area (TPSA) is 94.4 Å². The van der Waals surface area contributed by atoms with Crippen LogP contribution in [0.5, 0.6) is 11.5 Å². The molecule has 0 bridgehead atoms. The van der Waals surface area contributed by atoms with Crippen LogP contribution in [-0.4, -0.2) is 36.2 Å². The van der Waals surface area contributed by atoms with Crippen molar-refractivity contribution in [3.05, 3.63) is 65.4 Å². The molecule has 1 N–H and O–H groups in total. The zero-order valence-electron chi connectivity index (χ0n) is 14.2. The standard InChI is InChI=1S/C19H13F2NO6/c20-19(21)27-14-3-1-2-12(9-14)17-22-15(18(25)28-17)8-11-4-6-13(7-5-11)26-10-16(23)24/h1-9,19H,10H2,(H,23,24)/b15-8-. The first kappa shape index (κ1) is 19.0. The second kappa shape index (κ2) is 8.30. The third-order valence-corrected chi connectivity index (χ3v) is 3.47. The lowest BCUT2D eigenvalue weighted by molar-refractivity contribution is -0.139. The molecule has 2 aromatic carbocycles. The van der Waals surface area contributed by atoms with Crippen LogP contribution < -0.4 is 9.47 Å². The summed E-state index contributed by atoms with van der Waals surface area (Å²) in [5.41, 5.74) is 0.941. The third kappa shape index (κ3) is 4.91. The maximum absolute atomic E-state index is 12.3. The van der Waals surface area contributed by atoms with Crippen molar-refractivity contribution in [2.45, 2.75) is 6.61 Å². The number of carboxylic acids is 1. The van der Waals surface area contributed by atoms with Crippen LogP contribution in [0.3, 0.4) is 0 Å². The summed E-state index contributed by atoms with van der Waals surface area (Å²) in [5.74, 6) is -1.54. The molecule has 0 saturated heterocycles. The van der Waals surface area contributed by atoms with E-state index >= 15 is 0 Å². The highest BCUT2D eigenvalue weighted by Gasteiger charge is 2.24. The number of rotatable bonds is 7. The number of nitrogens with zero attached hydrogens (tertiary/aromatic N) is 1. The van der Waals surface area contributed by atoms with E-state index in [-0.39, 0.29) is 17.3 Å². The predicted molar refractivity (Wildman–Crippen MR) is 93.3 cm³/mol. The number of hydrogen-bond acceptors (Lipinski definition) is 6. The number of carboxylic acid groups (broad SMARTS) is 1. The molecule has 0 unspecified atom stereocenters. The lowest BCUT2D eigenvalue weighted by Gasteiger charge is -2.05. The van der Waals surface area contributed by atoms with Crippen molar-refractivity contribution in [2.24, 2.45) is 4.99 Å². The molecular weight excluding hydrogens is 376 g/mol. The van der Waals surface area contributed by atoms with Gasteiger partial charge in [0.25, 0.3) is 0 Å². The normalized spacial score (nSPS) is 14.8. The smallest absolute Gasteiger partial charge is 0.387 e. The lowest BCUT2D eigenvalue weighted by Crippen LogP contribution is -2.09. The molecule has 0 spiro atoms. The van der Waals surface area contributed by atoms with Gasteiger partial charge in [-0.05, 0) is 42.0 Å². The number of carbonyl (C=O) groups excluding carboxylic acids is 1. The summed E-state index contributed by atoms with van der Waals surface area (Å²) in [6.07, 6.45) is 1.47. The van der Waals surface area contributed by atoms with E-state index in [0.717, 1.165) is 0 Å². The molecule has 0 fully saturated rings. The number of cyclic esters (lactones) is 1. The lowest BCUT2D eigenvalue weighted by atomic mass is 10.2. The molecule has 144 valence electrons. The summed E-state index contributed by atoms with van der Waals surface area (Å²) < 4.78 is 39.1. The SMILES string of the molecule is O=C(O)COc1ccc(/C=C2\N=C(c3cccc(OC(F)F)c3)OC2=O)cc1. The largest absolute Gasteiger partial charge is 0.482 e. The third-order valence-electron chi connectivity index (χ3n) is 3.47. The van der Waals surface area contributed by atoms with E-state index < -0.39 is 25.2 Å². The van der Waals surface area contributed by atoms with Crippen LogP contribution in [0.4, 0.5) is 8.78 Å². The van der Waals surface area contributed by atoms with Crippen LogP contribution in [0.25, 0.3) is 6.08 Å². The minimum atomic E-state index is -2.97. The number of benzene rings is 2. The number of alkyl halides is 2. The van der Waals surface area contributed by atoms with Crippen molar-refractivity contribution in [1.29, 1.82) is 0 Å². The van der Waals surface area contributed by atoms with Crippen molar-refractivity contribution in [2.75, 3.05) is 6.61 Å². The molecule has 1 heterocycles. The van der Waals surface area contributed by atoms with Crippen molar-refractivity contribution < 1.29 is 37.7 Å². The Morgan fingerprint density at radius 3 is 2.61 bits per heavy atom. The fraction of sp³-hybridized carbons (Fsp3) is 0.105. The van der Waals surface area contributed by atoms with Crippen molar-refractivity contribution >= 4 is 23.9 Å². The van der Waals surface area contributed by atoms with Gasteiger partial charge in [0.2, 0.25) is 5.90 Å². The molecule has 0 atom stereocenters. The zero-order valence-corrected chi connectivity index (χ0v) is 14.2. The molecule has 1 aliphatic heterocycles. The summed E-state index contributed by atoms with van der Waals surface area (Å²) in [6.45, 7) is -3.43. The maximum atomic E-state index is 12.3. The summed E-state index contributed by atoms with van der Waals surface area (Å²) >= 11 is 0. The first-order valence-electron chi connectivity index (χ1n) is 7.93. The summed E-state index contributed by atoms with van der Waals surface area (Å²) in [7, 11) is 0. The van der Waals surface area contributed by atoms with Crippen LogP contribution >= 0.6 is 0 Å². The summed E-state index contributed by atoms with van der Waals surface area (Å²) in [6, 6.07) is 12.0. The zero-order chi connectivity index (χ0) is 20.1. The van der Waals surface area contributed by atoms with Crippen molar-refractivity contribution in [1.82, 2.24) is 0 Å². The average molecular weight is 389 g/mol. The molecule has 3 rings (SSSR count). The molecule has 0 saturated carbocycles. The second-order valence-electron chi connectivity index (χ2n) is 5.49. The molecule has 28 heavy (non-hydrogen) atoms. The Hall–Kier alpha value is -3.75. The maximum Gasteiger partial charge on any atom is 0.387 e. The Morgan fingerprint density at radius 1 is 1.18 bits per heavy atom. The van der Waals surface area contributed by atoms with Gasteiger partial charge in [0, 0.05) is 5.56 Å². The summed E-state index contributed by atoms with van der Waals surface area (Å²) in [4.78, 5) is 26.6. The Kier molecular flexibility index (Phi) is 5.64. The minimum Gasteiger partial charge on any atom is -0.482 e. The highest BCUT2D eigenvalue weighted by Crippen LogP contribution is 2.23. The number of halogens is 2. The van der Waals surface area contributed by atoms with Gasteiger partial charge in [-0.15, -0.1) is 0 Å². The number of aliphatic carboxylic acids is 1. The summed E-state index contributed by atoms with van der Waals surface area (Å²) in [5, 5.41) is 8.58. The number of esters is 1. The minimum absolute atomic E-state index is 0.0226. The van der Waals surface area contributed by atoms with Gasteiger partial charge >= 0.3 is 18.6 Å². The predicted octanol–water partition coefficient (Wildman–Crippen LogP) is 3.10. The van der Waals surface area contributed by atoms with Crippen LogP contribution in [-0.2, 0) is 14.3 Å². The highest BCUT2D eigenvalue weighted by molar-refractivity contribution is 6.12. The molecule has 0 radical (unpaired) electrons. The van der Waals surface area contributed by atoms with E-state index in [1.54, 1.807) is 30.3 Å². The van der Waals surface area contributed by atoms with E-state index in [9.17, 15) is 18.4 Å². The number of aliphatic imine (C=N–C) groups is 1. The van der Waals surface area contributed by atoms with E-state index in [2.05, 4.69) is 9.73 Å². The fourth-order valence-corrected chi connectivity index (χ4v) is 2.30. The molecule has 2 aromatic rings. The van der Waals surface area contributed by atoms with Gasteiger partial charge in [-0.1, -0.05) is 18.2 Å². The monoisotopic (exact) mass is 389 g/mol.